The Kier molecular flexibility index (Phi) is 10.0. The van der Waals surface area contributed by atoms with Gasteiger partial charge in [-0.25, -0.2) is 0 Å². The minimum Gasteiger partial charge on any atom is -0.343 e. The summed E-state index contributed by atoms with van der Waals surface area (Å²) in [6.07, 6.45) is 4.79. The van der Waals surface area contributed by atoms with Gasteiger partial charge in [0.1, 0.15) is 0 Å². The Bertz CT molecular complexity index is 211. The first-order valence-electron chi connectivity index (χ1n) is 7.54. The number of amides is 1. The SMILES string of the molecule is CCCN(CCC)C(=O)CCC(CCN)C(C)C. The van der Waals surface area contributed by atoms with Crippen molar-refractivity contribution in [2.24, 2.45) is 17.6 Å². The molecule has 0 heterocycles. The average Bonchev–Trinajstić information content (AvgIpc) is 2.33. The minimum atomic E-state index is 0.321. The molecule has 0 saturated heterocycles. The molecule has 0 radical (unpaired) electrons. The third-order valence-electron chi connectivity index (χ3n) is 3.55. The van der Waals surface area contributed by atoms with Crippen molar-refractivity contribution in [1.29, 1.82) is 0 Å². The van der Waals surface area contributed by atoms with E-state index in [1.165, 1.54) is 0 Å². The predicted molar refractivity (Wildman–Crippen MR) is 78.4 cm³/mol. The topological polar surface area (TPSA) is 46.3 Å². The van der Waals surface area contributed by atoms with Gasteiger partial charge < -0.3 is 10.6 Å². The van der Waals surface area contributed by atoms with Crippen LogP contribution in [0.3, 0.4) is 0 Å². The van der Waals surface area contributed by atoms with Crippen LogP contribution in [0.1, 0.15) is 59.8 Å². The van der Waals surface area contributed by atoms with E-state index in [0.29, 0.717) is 24.2 Å². The second-order valence-corrected chi connectivity index (χ2v) is 5.50. The van der Waals surface area contributed by atoms with E-state index >= 15 is 0 Å². The first-order valence-corrected chi connectivity index (χ1v) is 7.54. The number of hydrogen-bond acceptors (Lipinski definition) is 2. The van der Waals surface area contributed by atoms with Gasteiger partial charge in [0.25, 0.3) is 0 Å². The van der Waals surface area contributed by atoms with Crippen molar-refractivity contribution >= 4 is 5.91 Å². The molecule has 1 amide bonds. The van der Waals surface area contributed by atoms with Gasteiger partial charge in [0.15, 0.2) is 0 Å². The van der Waals surface area contributed by atoms with Gasteiger partial charge in [-0.2, -0.15) is 0 Å². The number of nitrogens with zero attached hydrogens (tertiary/aromatic N) is 1. The average molecular weight is 256 g/mol. The molecule has 1 atom stereocenters. The fourth-order valence-corrected chi connectivity index (χ4v) is 2.39. The third-order valence-corrected chi connectivity index (χ3v) is 3.55. The standard InChI is InChI=1S/C15H32N2O/c1-5-11-17(12-6-2)15(18)8-7-14(9-10-16)13(3)4/h13-14H,5-12,16H2,1-4H3. The van der Waals surface area contributed by atoms with Gasteiger partial charge in [-0.3, -0.25) is 4.79 Å². The zero-order valence-electron chi connectivity index (χ0n) is 12.7. The van der Waals surface area contributed by atoms with Crippen LogP contribution in [-0.4, -0.2) is 30.4 Å². The molecule has 18 heavy (non-hydrogen) atoms. The first-order chi connectivity index (χ1) is 8.56. The Morgan fingerprint density at radius 1 is 1.11 bits per heavy atom. The minimum absolute atomic E-state index is 0.321. The zero-order chi connectivity index (χ0) is 14.0. The fourth-order valence-electron chi connectivity index (χ4n) is 2.39. The number of nitrogens with two attached hydrogens (primary N) is 1. The van der Waals surface area contributed by atoms with E-state index in [0.717, 1.165) is 45.3 Å². The Hall–Kier alpha value is -0.570. The lowest BCUT2D eigenvalue weighted by Gasteiger charge is -2.24. The van der Waals surface area contributed by atoms with E-state index < -0.39 is 0 Å². The number of carbonyl (C=O) groups excluding carboxylic acids is 1. The lowest BCUT2D eigenvalue weighted by Crippen LogP contribution is -2.33. The molecule has 0 spiro atoms. The molecule has 0 aliphatic rings. The van der Waals surface area contributed by atoms with Crippen LogP contribution in [0, 0.1) is 11.8 Å². The molecule has 0 fully saturated rings. The fraction of sp³-hybridized carbons (Fsp3) is 0.933. The number of carbonyl (C=O) groups is 1. The maximum absolute atomic E-state index is 12.1. The smallest absolute Gasteiger partial charge is 0.222 e. The van der Waals surface area contributed by atoms with Crippen molar-refractivity contribution in [3.8, 4) is 0 Å². The lowest BCUT2D eigenvalue weighted by molar-refractivity contribution is -0.131. The van der Waals surface area contributed by atoms with Crippen LogP contribution < -0.4 is 5.73 Å². The summed E-state index contributed by atoms with van der Waals surface area (Å²) < 4.78 is 0. The van der Waals surface area contributed by atoms with Gasteiger partial charge >= 0.3 is 0 Å². The molecule has 0 aromatic heterocycles. The first kappa shape index (κ1) is 17.4. The predicted octanol–water partition coefficient (Wildman–Crippen LogP) is 3.04. The van der Waals surface area contributed by atoms with Crippen LogP contribution in [-0.2, 0) is 4.79 Å². The molecule has 0 aliphatic carbocycles. The zero-order valence-corrected chi connectivity index (χ0v) is 12.7. The Labute approximate surface area is 113 Å². The van der Waals surface area contributed by atoms with E-state index in [4.69, 9.17) is 5.73 Å². The molecule has 0 saturated carbocycles. The van der Waals surface area contributed by atoms with Crippen LogP contribution in [0.2, 0.25) is 0 Å². The largest absolute Gasteiger partial charge is 0.343 e. The molecule has 1 unspecified atom stereocenters. The Morgan fingerprint density at radius 3 is 2.06 bits per heavy atom. The summed E-state index contributed by atoms with van der Waals surface area (Å²) in [4.78, 5) is 14.2. The number of hydrogen-bond donors (Lipinski definition) is 1. The normalized spacial score (nSPS) is 12.8. The van der Waals surface area contributed by atoms with Crippen molar-refractivity contribution in [3.05, 3.63) is 0 Å². The summed E-state index contributed by atoms with van der Waals surface area (Å²) in [5.41, 5.74) is 5.63. The molecular formula is C15H32N2O. The quantitative estimate of drug-likeness (QED) is 0.653. The van der Waals surface area contributed by atoms with Crippen LogP contribution in [0.4, 0.5) is 0 Å². The van der Waals surface area contributed by atoms with Gasteiger partial charge in [0.05, 0.1) is 0 Å². The van der Waals surface area contributed by atoms with Crippen molar-refractivity contribution in [1.82, 2.24) is 4.90 Å². The van der Waals surface area contributed by atoms with E-state index in [2.05, 4.69) is 27.7 Å². The third kappa shape index (κ3) is 7.00. The summed E-state index contributed by atoms with van der Waals surface area (Å²) in [5.74, 6) is 1.53. The summed E-state index contributed by atoms with van der Waals surface area (Å²) in [7, 11) is 0. The number of rotatable bonds is 10. The second kappa shape index (κ2) is 10.4. The molecule has 0 aromatic rings. The van der Waals surface area contributed by atoms with E-state index in [1.54, 1.807) is 0 Å². The van der Waals surface area contributed by atoms with Crippen LogP contribution >= 0.6 is 0 Å². The molecule has 0 aromatic carbocycles. The molecule has 3 nitrogen and oxygen atoms in total. The van der Waals surface area contributed by atoms with Crippen molar-refractivity contribution in [2.75, 3.05) is 19.6 Å². The van der Waals surface area contributed by atoms with Crippen LogP contribution in [0.15, 0.2) is 0 Å². The summed E-state index contributed by atoms with van der Waals surface area (Å²) >= 11 is 0. The molecule has 0 rings (SSSR count). The van der Waals surface area contributed by atoms with Crippen molar-refractivity contribution in [3.63, 3.8) is 0 Å². The van der Waals surface area contributed by atoms with E-state index in [-0.39, 0.29) is 0 Å². The maximum atomic E-state index is 12.1. The van der Waals surface area contributed by atoms with Crippen molar-refractivity contribution in [2.45, 2.75) is 59.8 Å². The molecule has 2 N–H and O–H groups in total. The highest BCUT2D eigenvalue weighted by molar-refractivity contribution is 5.76. The van der Waals surface area contributed by atoms with Crippen molar-refractivity contribution < 1.29 is 4.79 Å². The van der Waals surface area contributed by atoms with Gasteiger partial charge in [0, 0.05) is 19.5 Å². The van der Waals surface area contributed by atoms with E-state index in [1.807, 2.05) is 4.90 Å². The Morgan fingerprint density at radius 2 is 1.67 bits per heavy atom. The second-order valence-electron chi connectivity index (χ2n) is 5.50. The van der Waals surface area contributed by atoms with Gasteiger partial charge in [-0.1, -0.05) is 27.7 Å². The lowest BCUT2D eigenvalue weighted by atomic mass is 9.88. The van der Waals surface area contributed by atoms with Gasteiger partial charge in [-0.05, 0) is 44.1 Å². The molecule has 3 heteroatoms. The van der Waals surface area contributed by atoms with Crippen LogP contribution in [0.5, 0.6) is 0 Å². The summed E-state index contributed by atoms with van der Waals surface area (Å²) in [6, 6.07) is 0. The van der Waals surface area contributed by atoms with Gasteiger partial charge in [0.2, 0.25) is 5.91 Å². The summed E-state index contributed by atoms with van der Waals surface area (Å²) in [6.45, 7) is 11.2. The Balaban J connectivity index is 4.17. The van der Waals surface area contributed by atoms with Gasteiger partial charge in [-0.15, -0.1) is 0 Å². The highest BCUT2D eigenvalue weighted by Gasteiger charge is 2.17. The molecular weight excluding hydrogens is 224 g/mol. The highest BCUT2D eigenvalue weighted by Crippen LogP contribution is 2.21. The molecule has 0 bridgehead atoms. The molecule has 108 valence electrons. The summed E-state index contributed by atoms with van der Waals surface area (Å²) in [5, 5.41) is 0. The maximum Gasteiger partial charge on any atom is 0.222 e. The van der Waals surface area contributed by atoms with E-state index in [9.17, 15) is 4.79 Å². The highest BCUT2D eigenvalue weighted by atomic mass is 16.2. The monoisotopic (exact) mass is 256 g/mol. The van der Waals surface area contributed by atoms with Crippen LogP contribution in [0.25, 0.3) is 0 Å². The molecule has 0 aliphatic heterocycles.